The van der Waals surface area contributed by atoms with Gasteiger partial charge in [0.2, 0.25) is 0 Å². The van der Waals surface area contributed by atoms with Crippen molar-refractivity contribution in [3.8, 4) is 16.9 Å². The maximum atomic E-state index is 13.1. The van der Waals surface area contributed by atoms with E-state index in [1.165, 1.54) is 24.3 Å². The molecule has 9 heteroatoms. The highest BCUT2D eigenvalue weighted by Crippen LogP contribution is 2.31. The Morgan fingerprint density at radius 2 is 1.56 bits per heavy atom. The van der Waals surface area contributed by atoms with E-state index in [1.807, 2.05) is 0 Å². The van der Waals surface area contributed by atoms with Crippen molar-refractivity contribution in [3.63, 3.8) is 0 Å². The summed E-state index contributed by atoms with van der Waals surface area (Å²) >= 11 is 0. The van der Waals surface area contributed by atoms with Crippen molar-refractivity contribution in [2.45, 2.75) is 0 Å². The number of amides is 1. The van der Waals surface area contributed by atoms with E-state index in [4.69, 9.17) is 21.0 Å². The number of nitrogens with one attached hydrogen (secondary N) is 2. The van der Waals surface area contributed by atoms with Gasteiger partial charge in [-0.25, -0.2) is 9.59 Å². The fourth-order valence-electron chi connectivity index (χ4n) is 3.02. The zero-order valence-corrected chi connectivity index (χ0v) is 16.7. The third kappa shape index (κ3) is 5.08. The lowest BCUT2D eigenvalue weighted by Crippen LogP contribution is -2.15. The maximum Gasteiger partial charge on any atom is 0.341 e. The van der Waals surface area contributed by atoms with E-state index in [1.54, 1.807) is 42.5 Å². The normalized spacial score (nSPS) is 10.2. The summed E-state index contributed by atoms with van der Waals surface area (Å²) in [5, 5.41) is 28.5. The molecule has 0 heterocycles. The number of amidine groups is 1. The number of ether oxygens (including phenoxy) is 1. The predicted octanol–water partition coefficient (Wildman–Crippen LogP) is 3.05. The van der Waals surface area contributed by atoms with Gasteiger partial charge < -0.3 is 26.0 Å². The molecule has 3 aromatic carbocycles. The van der Waals surface area contributed by atoms with Crippen LogP contribution in [0.25, 0.3) is 11.1 Å². The maximum absolute atomic E-state index is 13.1. The summed E-state index contributed by atoms with van der Waals surface area (Å²) < 4.78 is 5.19. The number of nitrogens with two attached hydrogens (primary N) is 1. The average molecular weight is 433 g/mol. The Balaban J connectivity index is 2.03. The molecule has 0 bridgehead atoms. The lowest BCUT2D eigenvalue weighted by atomic mass is 9.94. The molecule has 0 atom stereocenters. The van der Waals surface area contributed by atoms with Crippen LogP contribution in [-0.4, -0.2) is 40.5 Å². The number of carboxylic acid groups (broad SMARTS) is 2. The van der Waals surface area contributed by atoms with E-state index in [-0.39, 0.29) is 22.7 Å². The number of carbonyl (C=O) groups is 3. The Hall–Kier alpha value is -4.66. The first kappa shape index (κ1) is 22.0. The second kappa shape index (κ2) is 9.43. The Morgan fingerprint density at radius 1 is 0.906 bits per heavy atom. The molecular weight excluding hydrogens is 414 g/mol. The minimum atomic E-state index is -1.18. The molecule has 32 heavy (non-hydrogen) atoms. The largest absolute Gasteiger partial charge is 0.482 e. The molecule has 9 nitrogen and oxygen atoms in total. The Morgan fingerprint density at radius 3 is 2.19 bits per heavy atom. The summed E-state index contributed by atoms with van der Waals surface area (Å²) in [6, 6.07) is 16.9. The van der Waals surface area contributed by atoms with Gasteiger partial charge in [0.05, 0.1) is 11.1 Å². The van der Waals surface area contributed by atoms with Crippen LogP contribution in [0.1, 0.15) is 26.3 Å². The number of anilines is 1. The number of aliphatic carboxylic acids is 1. The van der Waals surface area contributed by atoms with Crippen LogP contribution < -0.4 is 15.8 Å². The van der Waals surface area contributed by atoms with Gasteiger partial charge in [-0.3, -0.25) is 10.2 Å². The van der Waals surface area contributed by atoms with E-state index in [9.17, 15) is 19.5 Å². The number of aromatic carboxylic acids is 1. The summed E-state index contributed by atoms with van der Waals surface area (Å²) in [6.45, 7) is -0.599. The van der Waals surface area contributed by atoms with Crippen molar-refractivity contribution in [2.75, 3.05) is 11.9 Å². The highest BCUT2D eigenvalue weighted by atomic mass is 16.5. The van der Waals surface area contributed by atoms with E-state index >= 15 is 0 Å². The third-order valence-corrected chi connectivity index (χ3v) is 4.50. The zero-order chi connectivity index (χ0) is 23.3. The van der Waals surface area contributed by atoms with Crippen molar-refractivity contribution in [2.24, 2.45) is 5.73 Å². The van der Waals surface area contributed by atoms with Gasteiger partial charge in [0, 0.05) is 11.3 Å². The second-order valence-electron chi connectivity index (χ2n) is 6.69. The average Bonchev–Trinajstić information content (AvgIpc) is 2.77. The molecule has 0 aromatic heterocycles. The summed E-state index contributed by atoms with van der Waals surface area (Å²) in [5.41, 5.74) is 7.11. The minimum Gasteiger partial charge on any atom is -0.482 e. The molecule has 162 valence electrons. The fraction of sp³-hybridized carbons (Fsp3) is 0.0435. The van der Waals surface area contributed by atoms with Gasteiger partial charge in [0.25, 0.3) is 5.91 Å². The van der Waals surface area contributed by atoms with Crippen molar-refractivity contribution < 1.29 is 29.3 Å². The van der Waals surface area contributed by atoms with E-state index < -0.39 is 24.5 Å². The van der Waals surface area contributed by atoms with Crippen LogP contribution in [0.5, 0.6) is 5.75 Å². The first-order chi connectivity index (χ1) is 15.3. The van der Waals surface area contributed by atoms with Gasteiger partial charge in [-0.05, 0) is 59.7 Å². The molecule has 0 saturated heterocycles. The smallest absolute Gasteiger partial charge is 0.341 e. The van der Waals surface area contributed by atoms with Crippen molar-refractivity contribution in [1.29, 1.82) is 5.41 Å². The highest BCUT2D eigenvalue weighted by Gasteiger charge is 2.19. The topological polar surface area (TPSA) is 163 Å². The summed E-state index contributed by atoms with van der Waals surface area (Å²) in [5.74, 6) is -2.86. The number of nitrogen functional groups attached to an aromatic ring is 1. The van der Waals surface area contributed by atoms with Gasteiger partial charge in [-0.1, -0.05) is 18.2 Å². The van der Waals surface area contributed by atoms with Crippen LogP contribution in [0.15, 0.2) is 66.7 Å². The molecule has 1 amide bonds. The first-order valence-electron chi connectivity index (χ1n) is 9.33. The monoisotopic (exact) mass is 433 g/mol. The molecule has 0 aliphatic heterocycles. The van der Waals surface area contributed by atoms with Crippen molar-refractivity contribution in [3.05, 3.63) is 83.4 Å². The Bertz CT molecular complexity index is 1200. The van der Waals surface area contributed by atoms with Crippen LogP contribution in [0, 0.1) is 5.41 Å². The Kier molecular flexibility index (Phi) is 6.50. The van der Waals surface area contributed by atoms with Gasteiger partial charge in [0.1, 0.15) is 11.6 Å². The quantitative estimate of drug-likeness (QED) is 0.269. The van der Waals surface area contributed by atoms with E-state index in [0.717, 1.165) is 0 Å². The van der Waals surface area contributed by atoms with E-state index in [0.29, 0.717) is 22.4 Å². The number of benzene rings is 3. The molecule has 0 fully saturated rings. The Labute approximate surface area is 182 Å². The van der Waals surface area contributed by atoms with Gasteiger partial charge >= 0.3 is 11.9 Å². The fourth-order valence-corrected chi connectivity index (χ4v) is 3.02. The van der Waals surface area contributed by atoms with Crippen LogP contribution in [0.3, 0.4) is 0 Å². The van der Waals surface area contributed by atoms with Crippen LogP contribution >= 0.6 is 0 Å². The zero-order valence-electron chi connectivity index (χ0n) is 16.7. The van der Waals surface area contributed by atoms with Gasteiger partial charge in [-0.2, -0.15) is 0 Å². The number of carboxylic acids is 2. The summed E-state index contributed by atoms with van der Waals surface area (Å²) in [7, 11) is 0. The van der Waals surface area contributed by atoms with Crippen LogP contribution in [-0.2, 0) is 4.79 Å². The SMILES string of the molecule is N=C(N)c1ccc(NC(=O)c2cc(OCC(=O)O)ccc2-c2ccccc2C(=O)O)cc1. The first-order valence-corrected chi connectivity index (χ1v) is 9.33. The van der Waals surface area contributed by atoms with Gasteiger partial charge in [0.15, 0.2) is 6.61 Å². The molecule has 0 radical (unpaired) electrons. The molecule has 3 rings (SSSR count). The second-order valence-corrected chi connectivity index (χ2v) is 6.69. The molecule has 6 N–H and O–H groups in total. The predicted molar refractivity (Wildman–Crippen MR) is 117 cm³/mol. The highest BCUT2D eigenvalue weighted by molar-refractivity contribution is 6.10. The molecule has 0 aliphatic carbocycles. The molecular formula is C23H19N3O6. The molecule has 0 aliphatic rings. The van der Waals surface area contributed by atoms with E-state index in [2.05, 4.69) is 5.32 Å². The lowest BCUT2D eigenvalue weighted by molar-refractivity contribution is -0.139. The molecule has 3 aromatic rings. The summed E-state index contributed by atoms with van der Waals surface area (Å²) in [6.07, 6.45) is 0. The standard InChI is InChI=1S/C23H19N3O6/c24-21(25)13-5-7-14(8-6-13)26-22(29)19-11-15(32-12-20(27)28)9-10-17(19)16-3-1-2-4-18(16)23(30)31/h1-11H,12H2,(H3,24,25)(H,26,29)(H,27,28)(H,30,31). The molecule has 0 unspecified atom stereocenters. The number of hydrogen-bond donors (Lipinski definition) is 5. The van der Waals surface area contributed by atoms with Gasteiger partial charge in [-0.15, -0.1) is 0 Å². The molecule has 0 saturated carbocycles. The van der Waals surface area contributed by atoms with Crippen LogP contribution in [0.4, 0.5) is 5.69 Å². The number of hydrogen-bond acceptors (Lipinski definition) is 5. The lowest BCUT2D eigenvalue weighted by Gasteiger charge is -2.14. The minimum absolute atomic E-state index is 0.00608. The van der Waals surface area contributed by atoms with Crippen molar-refractivity contribution >= 4 is 29.4 Å². The summed E-state index contributed by atoms with van der Waals surface area (Å²) in [4.78, 5) is 35.6. The number of carbonyl (C=O) groups excluding carboxylic acids is 1. The molecule has 0 spiro atoms. The van der Waals surface area contributed by atoms with Crippen molar-refractivity contribution in [1.82, 2.24) is 0 Å². The number of rotatable bonds is 8. The van der Waals surface area contributed by atoms with Crippen LogP contribution in [0.2, 0.25) is 0 Å². The third-order valence-electron chi connectivity index (χ3n) is 4.50.